The highest BCUT2D eigenvalue weighted by atomic mass is 35.5. The molecule has 0 aromatic heterocycles. The number of hydrogen-bond donors (Lipinski definition) is 1. The maximum atomic E-state index is 5.91. The zero-order valence-corrected chi connectivity index (χ0v) is 10.5. The van der Waals surface area contributed by atoms with Gasteiger partial charge in [-0.25, -0.2) is 0 Å². The molecule has 1 nitrogen and oxygen atoms in total. The zero-order chi connectivity index (χ0) is 10.4. The third-order valence-corrected chi connectivity index (χ3v) is 4.15. The van der Waals surface area contributed by atoms with Crippen LogP contribution < -0.4 is 5.73 Å². The van der Waals surface area contributed by atoms with Crippen LogP contribution in [0.15, 0.2) is 23.1 Å². The van der Waals surface area contributed by atoms with Crippen LogP contribution in [-0.2, 0) is 0 Å². The Balaban J connectivity index is 2.39. The monoisotopic (exact) mass is 247 g/mol. The SMILES string of the molecule is CCSCCSc1ccc(N)c(Cl)c1. The van der Waals surface area contributed by atoms with Crippen LogP contribution in [0.3, 0.4) is 0 Å². The average molecular weight is 248 g/mol. The quantitative estimate of drug-likeness (QED) is 0.487. The Bertz CT molecular complexity index is 291. The maximum Gasteiger partial charge on any atom is 0.0646 e. The minimum absolute atomic E-state index is 0.651. The standard InChI is InChI=1S/C10H14ClNS2/c1-2-13-5-6-14-8-3-4-10(12)9(11)7-8/h3-4,7H,2,5-6,12H2,1H3. The van der Waals surface area contributed by atoms with Crippen LogP contribution in [0.1, 0.15) is 6.92 Å². The van der Waals surface area contributed by atoms with Crippen LogP contribution >= 0.6 is 35.1 Å². The predicted octanol–water partition coefficient (Wildman–Crippen LogP) is 3.77. The van der Waals surface area contributed by atoms with E-state index >= 15 is 0 Å². The normalized spacial score (nSPS) is 10.4. The molecule has 0 saturated heterocycles. The van der Waals surface area contributed by atoms with Crippen LogP contribution in [0, 0.1) is 0 Å². The second-order valence-corrected chi connectivity index (χ2v) is 5.70. The third kappa shape index (κ3) is 4.03. The lowest BCUT2D eigenvalue weighted by Crippen LogP contribution is -1.87. The predicted molar refractivity (Wildman–Crippen MR) is 69.6 cm³/mol. The Morgan fingerprint density at radius 3 is 2.79 bits per heavy atom. The van der Waals surface area contributed by atoms with E-state index in [0.717, 1.165) is 5.75 Å². The summed E-state index contributed by atoms with van der Waals surface area (Å²) in [4.78, 5) is 1.20. The second kappa shape index (κ2) is 6.49. The highest BCUT2D eigenvalue weighted by molar-refractivity contribution is 8.02. The Hall–Kier alpha value is 0.01000. The highest BCUT2D eigenvalue weighted by Crippen LogP contribution is 2.26. The number of anilines is 1. The smallest absolute Gasteiger partial charge is 0.0646 e. The van der Waals surface area contributed by atoms with E-state index < -0.39 is 0 Å². The van der Waals surface area contributed by atoms with Gasteiger partial charge in [-0.3, -0.25) is 0 Å². The summed E-state index contributed by atoms with van der Waals surface area (Å²) in [5.74, 6) is 3.49. The molecule has 0 aliphatic rings. The molecule has 0 unspecified atom stereocenters. The Labute approximate surface area is 98.8 Å². The van der Waals surface area contributed by atoms with Crippen LogP contribution in [0.5, 0.6) is 0 Å². The first-order valence-corrected chi connectivity index (χ1v) is 7.01. The molecule has 1 aromatic carbocycles. The zero-order valence-electron chi connectivity index (χ0n) is 8.13. The molecule has 0 spiro atoms. The number of benzene rings is 1. The molecular weight excluding hydrogens is 234 g/mol. The fourth-order valence-corrected chi connectivity index (χ4v) is 2.90. The first kappa shape index (κ1) is 12.1. The van der Waals surface area contributed by atoms with E-state index in [0.29, 0.717) is 10.7 Å². The van der Waals surface area contributed by atoms with E-state index in [1.165, 1.54) is 16.4 Å². The molecule has 1 rings (SSSR count). The van der Waals surface area contributed by atoms with Crippen molar-refractivity contribution in [1.29, 1.82) is 0 Å². The minimum Gasteiger partial charge on any atom is -0.398 e. The Morgan fingerprint density at radius 1 is 1.36 bits per heavy atom. The molecule has 2 N–H and O–H groups in total. The van der Waals surface area contributed by atoms with Gasteiger partial charge in [0.25, 0.3) is 0 Å². The van der Waals surface area contributed by atoms with Crippen molar-refractivity contribution in [3.05, 3.63) is 23.2 Å². The summed E-state index contributed by atoms with van der Waals surface area (Å²) < 4.78 is 0. The van der Waals surface area contributed by atoms with E-state index in [-0.39, 0.29) is 0 Å². The molecule has 0 atom stereocenters. The topological polar surface area (TPSA) is 26.0 Å². The fourth-order valence-electron chi connectivity index (χ4n) is 0.960. The van der Waals surface area contributed by atoms with Crippen molar-refractivity contribution in [3.8, 4) is 0 Å². The van der Waals surface area contributed by atoms with Crippen molar-refractivity contribution in [2.75, 3.05) is 23.0 Å². The van der Waals surface area contributed by atoms with Crippen molar-refractivity contribution in [2.24, 2.45) is 0 Å². The van der Waals surface area contributed by atoms with Gasteiger partial charge in [0, 0.05) is 16.4 Å². The number of nitrogen functional groups attached to an aromatic ring is 1. The summed E-state index contributed by atoms with van der Waals surface area (Å²) in [7, 11) is 0. The van der Waals surface area contributed by atoms with Gasteiger partial charge in [0.2, 0.25) is 0 Å². The molecule has 0 amide bonds. The highest BCUT2D eigenvalue weighted by Gasteiger charge is 1.98. The maximum absolute atomic E-state index is 5.91. The number of nitrogens with two attached hydrogens (primary N) is 1. The van der Waals surface area contributed by atoms with Crippen molar-refractivity contribution in [2.45, 2.75) is 11.8 Å². The first-order chi connectivity index (χ1) is 6.74. The van der Waals surface area contributed by atoms with Crippen molar-refractivity contribution in [3.63, 3.8) is 0 Å². The van der Waals surface area contributed by atoms with Gasteiger partial charge in [-0.2, -0.15) is 11.8 Å². The minimum atomic E-state index is 0.651. The average Bonchev–Trinajstić information content (AvgIpc) is 2.18. The van der Waals surface area contributed by atoms with Crippen molar-refractivity contribution in [1.82, 2.24) is 0 Å². The molecule has 0 aliphatic heterocycles. The number of rotatable bonds is 5. The summed E-state index contributed by atoms with van der Waals surface area (Å²) in [5.41, 5.74) is 6.27. The molecule has 0 radical (unpaired) electrons. The van der Waals surface area contributed by atoms with Gasteiger partial charge in [0.05, 0.1) is 10.7 Å². The third-order valence-electron chi connectivity index (χ3n) is 1.67. The van der Waals surface area contributed by atoms with Crippen molar-refractivity contribution < 1.29 is 0 Å². The molecule has 1 aromatic rings. The van der Waals surface area contributed by atoms with Crippen LogP contribution in [0.25, 0.3) is 0 Å². The summed E-state index contributed by atoms with van der Waals surface area (Å²) in [6, 6.07) is 5.80. The lowest BCUT2D eigenvalue weighted by atomic mass is 10.3. The lowest BCUT2D eigenvalue weighted by Gasteiger charge is -2.03. The van der Waals surface area contributed by atoms with Gasteiger partial charge in [-0.15, -0.1) is 11.8 Å². The molecule has 0 aliphatic carbocycles. The van der Waals surface area contributed by atoms with Crippen molar-refractivity contribution >= 4 is 40.8 Å². The van der Waals surface area contributed by atoms with Gasteiger partial charge in [0.15, 0.2) is 0 Å². The van der Waals surface area contributed by atoms with E-state index in [1.54, 1.807) is 0 Å². The van der Waals surface area contributed by atoms with Crippen LogP contribution in [-0.4, -0.2) is 17.3 Å². The van der Waals surface area contributed by atoms with Gasteiger partial charge >= 0.3 is 0 Å². The molecule has 0 bridgehead atoms. The number of hydrogen-bond acceptors (Lipinski definition) is 3. The molecule has 0 saturated carbocycles. The molecule has 0 fully saturated rings. The summed E-state index contributed by atoms with van der Waals surface area (Å²) in [6.45, 7) is 2.18. The van der Waals surface area contributed by atoms with Crippen LogP contribution in [0.4, 0.5) is 5.69 Å². The van der Waals surface area contributed by atoms with Gasteiger partial charge in [0.1, 0.15) is 0 Å². The second-order valence-electron chi connectivity index (χ2n) is 2.73. The molecule has 0 heterocycles. The molecule has 14 heavy (non-hydrogen) atoms. The van der Waals surface area contributed by atoms with E-state index in [2.05, 4.69) is 6.92 Å². The van der Waals surface area contributed by atoms with E-state index in [9.17, 15) is 0 Å². The van der Waals surface area contributed by atoms with Gasteiger partial charge < -0.3 is 5.73 Å². The fraction of sp³-hybridized carbons (Fsp3) is 0.400. The van der Waals surface area contributed by atoms with Gasteiger partial charge in [-0.05, 0) is 24.0 Å². The Morgan fingerprint density at radius 2 is 2.14 bits per heavy atom. The summed E-state index contributed by atoms with van der Waals surface area (Å²) in [5, 5.41) is 0.651. The lowest BCUT2D eigenvalue weighted by molar-refractivity contribution is 1.43. The summed E-state index contributed by atoms with van der Waals surface area (Å²) in [6.07, 6.45) is 0. The van der Waals surface area contributed by atoms with Gasteiger partial charge in [-0.1, -0.05) is 18.5 Å². The number of thioether (sulfide) groups is 2. The first-order valence-electron chi connectivity index (χ1n) is 4.49. The van der Waals surface area contributed by atoms with E-state index in [1.807, 2.05) is 41.7 Å². The van der Waals surface area contributed by atoms with Crippen LogP contribution in [0.2, 0.25) is 5.02 Å². The largest absolute Gasteiger partial charge is 0.398 e. The molecule has 4 heteroatoms. The summed E-state index contributed by atoms with van der Waals surface area (Å²) >= 11 is 9.69. The molecule has 78 valence electrons. The Kier molecular flexibility index (Phi) is 5.60. The number of halogens is 1. The van der Waals surface area contributed by atoms with E-state index in [4.69, 9.17) is 17.3 Å². The molecular formula is C10H14ClNS2.